The van der Waals surface area contributed by atoms with Crippen LogP contribution in [-0.2, 0) is 0 Å². The monoisotopic (exact) mass is 302 g/mol. The van der Waals surface area contributed by atoms with Crippen LogP contribution in [-0.4, -0.2) is 15.8 Å². The van der Waals surface area contributed by atoms with Crippen LogP contribution in [0.5, 0.6) is 0 Å². The molecule has 0 aliphatic heterocycles. The molecule has 0 unspecified atom stereocenters. The summed E-state index contributed by atoms with van der Waals surface area (Å²) in [4.78, 5) is 25.9. The average molecular weight is 303 g/mol. The molecule has 8 heteroatoms. The molecule has 1 heterocycles. The fraction of sp³-hybridized carbons (Fsp3) is 0. The van der Waals surface area contributed by atoms with Crippen molar-refractivity contribution in [1.29, 1.82) is 5.26 Å². The van der Waals surface area contributed by atoms with Crippen LogP contribution in [0.1, 0.15) is 16.1 Å². The van der Waals surface area contributed by atoms with Crippen molar-refractivity contribution in [3.8, 4) is 6.07 Å². The quantitative estimate of drug-likeness (QED) is 0.692. The number of nitrogens with zero attached hydrogens (tertiary/aromatic N) is 3. The highest BCUT2D eigenvalue weighted by molar-refractivity contribution is 6.30. The number of carbonyl (C=O) groups excluding carboxylic acids is 1. The largest absolute Gasteiger partial charge is 0.319 e. The second kappa shape index (κ2) is 5.98. The molecule has 2 rings (SSSR count). The molecule has 0 atom stereocenters. The number of nitro benzene ring substituents is 1. The van der Waals surface area contributed by atoms with E-state index in [1.54, 1.807) is 6.07 Å². The number of carbonyl (C=O) groups is 1. The third kappa shape index (κ3) is 3.32. The van der Waals surface area contributed by atoms with E-state index in [0.29, 0.717) is 5.02 Å². The molecule has 0 saturated heterocycles. The van der Waals surface area contributed by atoms with Gasteiger partial charge in [0.25, 0.3) is 11.6 Å². The molecule has 0 saturated carbocycles. The molecule has 1 aromatic carbocycles. The van der Waals surface area contributed by atoms with Crippen molar-refractivity contribution in [2.75, 3.05) is 5.32 Å². The molecular formula is C13H7ClN4O3. The van der Waals surface area contributed by atoms with E-state index in [0.717, 1.165) is 6.07 Å². The van der Waals surface area contributed by atoms with E-state index in [9.17, 15) is 14.9 Å². The lowest BCUT2D eigenvalue weighted by atomic mass is 10.1. The first-order chi connectivity index (χ1) is 10.0. The fourth-order valence-corrected chi connectivity index (χ4v) is 1.72. The summed E-state index contributed by atoms with van der Waals surface area (Å²) in [7, 11) is 0. The molecule has 0 radical (unpaired) electrons. The van der Waals surface area contributed by atoms with Gasteiger partial charge in [0.1, 0.15) is 11.8 Å². The van der Waals surface area contributed by atoms with Gasteiger partial charge in [0, 0.05) is 23.4 Å². The Morgan fingerprint density at radius 1 is 1.38 bits per heavy atom. The minimum Gasteiger partial charge on any atom is -0.319 e. The van der Waals surface area contributed by atoms with E-state index in [1.807, 2.05) is 0 Å². The van der Waals surface area contributed by atoms with E-state index < -0.39 is 10.8 Å². The van der Waals surface area contributed by atoms with Crippen molar-refractivity contribution in [2.24, 2.45) is 0 Å². The van der Waals surface area contributed by atoms with Gasteiger partial charge in [0.2, 0.25) is 0 Å². The molecule has 0 spiro atoms. The number of aromatic nitrogens is 1. The number of pyridine rings is 1. The number of halogens is 1. The van der Waals surface area contributed by atoms with Gasteiger partial charge in [-0.25, -0.2) is 0 Å². The van der Waals surface area contributed by atoms with E-state index >= 15 is 0 Å². The number of hydrogen-bond donors (Lipinski definition) is 1. The van der Waals surface area contributed by atoms with E-state index in [-0.39, 0.29) is 22.6 Å². The molecule has 1 aromatic heterocycles. The van der Waals surface area contributed by atoms with Gasteiger partial charge in [-0.05, 0) is 18.2 Å². The molecule has 1 amide bonds. The summed E-state index contributed by atoms with van der Waals surface area (Å²) in [6.07, 6.45) is 1.37. The van der Waals surface area contributed by atoms with Gasteiger partial charge in [-0.3, -0.25) is 19.9 Å². The zero-order valence-corrected chi connectivity index (χ0v) is 11.2. The highest BCUT2D eigenvalue weighted by Crippen LogP contribution is 2.22. The zero-order valence-electron chi connectivity index (χ0n) is 10.4. The summed E-state index contributed by atoms with van der Waals surface area (Å²) >= 11 is 5.76. The van der Waals surface area contributed by atoms with Crippen LogP contribution in [0.3, 0.4) is 0 Å². The Labute approximate surface area is 123 Å². The van der Waals surface area contributed by atoms with Gasteiger partial charge in [0.15, 0.2) is 0 Å². The number of benzene rings is 1. The maximum atomic E-state index is 12.0. The molecule has 0 aliphatic rings. The Bertz CT molecular complexity index is 770. The third-order valence-electron chi connectivity index (χ3n) is 2.54. The smallest absolute Gasteiger partial charge is 0.274 e. The number of anilines is 1. The molecule has 104 valence electrons. The van der Waals surface area contributed by atoms with Crippen molar-refractivity contribution in [3.05, 3.63) is 62.9 Å². The second-order valence-corrected chi connectivity index (χ2v) is 4.35. The van der Waals surface area contributed by atoms with Crippen molar-refractivity contribution in [3.63, 3.8) is 0 Å². The standard InChI is InChI=1S/C13H7ClN4O3/c14-9-3-4-16-12(6-9)13(19)17-11-2-1-10(18(20)21)5-8(11)7-15/h1-6H,(H,17,19). The lowest BCUT2D eigenvalue weighted by molar-refractivity contribution is -0.384. The van der Waals surface area contributed by atoms with Crippen LogP contribution in [0.4, 0.5) is 11.4 Å². The second-order valence-electron chi connectivity index (χ2n) is 3.91. The Hall–Kier alpha value is -2.98. The predicted molar refractivity (Wildman–Crippen MR) is 75.0 cm³/mol. The number of rotatable bonds is 3. The van der Waals surface area contributed by atoms with Crippen LogP contribution in [0.2, 0.25) is 5.02 Å². The van der Waals surface area contributed by atoms with Crippen LogP contribution in [0, 0.1) is 21.4 Å². The SMILES string of the molecule is N#Cc1cc([N+](=O)[O-])ccc1NC(=O)c1cc(Cl)ccn1. The van der Waals surface area contributed by atoms with Gasteiger partial charge in [0.05, 0.1) is 16.2 Å². The molecule has 21 heavy (non-hydrogen) atoms. The topological polar surface area (TPSA) is 109 Å². The zero-order chi connectivity index (χ0) is 15.4. The average Bonchev–Trinajstić information content (AvgIpc) is 2.47. The summed E-state index contributed by atoms with van der Waals surface area (Å²) in [5.74, 6) is -0.567. The molecule has 0 aliphatic carbocycles. The molecular weight excluding hydrogens is 296 g/mol. The van der Waals surface area contributed by atoms with Crippen molar-refractivity contribution in [2.45, 2.75) is 0 Å². The summed E-state index contributed by atoms with van der Waals surface area (Å²) in [6.45, 7) is 0. The number of hydrogen-bond acceptors (Lipinski definition) is 5. The van der Waals surface area contributed by atoms with Crippen LogP contribution >= 0.6 is 11.6 Å². The van der Waals surface area contributed by atoms with Gasteiger partial charge in [-0.1, -0.05) is 11.6 Å². The van der Waals surface area contributed by atoms with Gasteiger partial charge in [-0.2, -0.15) is 5.26 Å². The van der Waals surface area contributed by atoms with Crippen molar-refractivity contribution in [1.82, 2.24) is 4.98 Å². The van der Waals surface area contributed by atoms with Gasteiger partial charge in [-0.15, -0.1) is 0 Å². The predicted octanol–water partition coefficient (Wildman–Crippen LogP) is 2.77. The number of nitrogens with one attached hydrogen (secondary N) is 1. The van der Waals surface area contributed by atoms with Gasteiger partial charge < -0.3 is 5.32 Å². The molecule has 0 bridgehead atoms. The van der Waals surface area contributed by atoms with Gasteiger partial charge >= 0.3 is 0 Å². The lowest BCUT2D eigenvalue weighted by Crippen LogP contribution is -2.14. The Morgan fingerprint density at radius 2 is 2.14 bits per heavy atom. The first-order valence-electron chi connectivity index (χ1n) is 5.62. The summed E-state index contributed by atoms with van der Waals surface area (Å²) in [5, 5.41) is 22.4. The Morgan fingerprint density at radius 3 is 2.76 bits per heavy atom. The van der Waals surface area contributed by atoms with E-state index in [2.05, 4.69) is 10.3 Å². The van der Waals surface area contributed by atoms with Crippen LogP contribution < -0.4 is 5.32 Å². The Balaban J connectivity index is 2.29. The molecule has 0 fully saturated rings. The van der Waals surface area contributed by atoms with E-state index in [1.165, 1.54) is 30.5 Å². The van der Waals surface area contributed by atoms with E-state index in [4.69, 9.17) is 16.9 Å². The number of nitro groups is 1. The molecule has 1 N–H and O–H groups in total. The van der Waals surface area contributed by atoms with Crippen LogP contribution in [0.15, 0.2) is 36.5 Å². The van der Waals surface area contributed by atoms with Crippen LogP contribution in [0.25, 0.3) is 0 Å². The fourth-order valence-electron chi connectivity index (χ4n) is 1.56. The highest BCUT2D eigenvalue weighted by Gasteiger charge is 2.14. The minimum absolute atomic E-state index is 0.0143. The molecule has 2 aromatic rings. The Kier molecular flexibility index (Phi) is 4.11. The number of non-ortho nitro benzene ring substituents is 1. The first kappa shape index (κ1) is 14.4. The summed E-state index contributed by atoms with van der Waals surface area (Å²) < 4.78 is 0. The van der Waals surface area contributed by atoms with Crippen molar-refractivity contribution >= 4 is 28.9 Å². The highest BCUT2D eigenvalue weighted by atomic mass is 35.5. The van der Waals surface area contributed by atoms with Crippen molar-refractivity contribution < 1.29 is 9.72 Å². The normalized spacial score (nSPS) is 9.71. The number of amides is 1. The number of nitriles is 1. The third-order valence-corrected chi connectivity index (χ3v) is 2.77. The summed E-state index contributed by atoms with van der Waals surface area (Å²) in [5.41, 5.74) is -0.00961. The summed E-state index contributed by atoms with van der Waals surface area (Å²) in [6, 6.07) is 8.25. The minimum atomic E-state index is -0.620. The lowest BCUT2D eigenvalue weighted by Gasteiger charge is -2.06. The maximum absolute atomic E-state index is 12.0. The first-order valence-corrected chi connectivity index (χ1v) is 6.00. The maximum Gasteiger partial charge on any atom is 0.274 e. The molecule has 7 nitrogen and oxygen atoms in total.